The second-order valence-electron chi connectivity index (χ2n) is 6.20. The zero-order valence-corrected chi connectivity index (χ0v) is 15.6. The molecule has 5 heteroatoms. The third-order valence-corrected chi connectivity index (χ3v) is 3.97. The molecule has 1 N–H and O–H groups in total. The summed E-state index contributed by atoms with van der Waals surface area (Å²) in [5, 5.41) is 3.60. The van der Waals surface area contributed by atoms with Gasteiger partial charge in [0.2, 0.25) is 5.91 Å². The van der Waals surface area contributed by atoms with Gasteiger partial charge >= 0.3 is 0 Å². The van der Waals surface area contributed by atoms with Gasteiger partial charge in [0.25, 0.3) is 0 Å². The molecule has 0 aliphatic heterocycles. The van der Waals surface area contributed by atoms with Gasteiger partial charge in [0.05, 0.1) is 6.61 Å². The lowest BCUT2D eigenvalue weighted by atomic mass is 10.1. The number of benzene rings is 2. The molecule has 0 atom stereocenters. The molecule has 2 aromatic rings. The average molecular weight is 361 g/mol. The molecule has 0 radical (unpaired) electrons. The number of amides is 1. The Labute approximate surface area is 154 Å². The van der Waals surface area contributed by atoms with Gasteiger partial charge in [-0.25, -0.2) is 0 Å². The first-order valence-electron chi connectivity index (χ1n) is 8.45. The van der Waals surface area contributed by atoms with Crippen LogP contribution < -0.4 is 10.1 Å². The summed E-state index contributed by atoms with van der Waals surface area (Å²) >= 11 is 5.82. The summed E-state index contributed by atoms with van der Waals surface area (Å²) in [5.74, 6) is 0.763. The van der Waals surface area contributed by atoms with E-state index in [0.29, 0.717) is 24.5 Å². The molecule has 4 nitrogen and oxygen atoms in total. The van der Waals surface area contributed by atoms with E-state index < -0.39 is 0 Å². The van der Waals surface area contributed by atoms with Crippen LogP contribution in [0, 0.1) is 0 Å². The molecule has 0 unspecified atom stereocenters. The van der Waals surface area contributed by atoms with Crippen LogP contribution in [-0.4, -0.2) is 38.1 Å². The predicted molar refractivity (Wildman–Crippen MR) is 104 cm³/mol. The standard InChI is InChI=1S/C20H25ClN2O2/c1-23(2)14-13-16-5-9-18(10-6-16)22-20(24)4-3-15-25-19-11-7-17(21)8-12-19/h5-12H,3-4,13-15H2,1-2H3,(H,22,24). The third kappa shape index (κ3) is 7.59. The lowest BCUT2D eigenvalue weighted by Gasteiger charge is -2.10. The van der Waals surface area contributed by atoms with E-state index in [2.05, 4.69) is 36.4 Å². The summed E-state index contributed by atoms with van der Waals surface area (Å²) in [6.45, 7) is 1.51. The van der Waals surface area contributed by atoms with Gasteiger partial charge in [0, 0.05) is 23.7 Å². The van der Waals surface area contributed by atoms with Crippen LogP contribution in [0.15, 0.2) is 48.5 Å². The Morgan fingerprint density at radius 3 is 2.40 bits per heavy atom. The first-order valence-corrected chi connectivity index (χ1v) is 8.82. The van der Waals surface area contributed by atoms with Crippen molar-refractivity contribution in [2.75, 3.05) is 32.6 Å². The number of hydrogen-bond acceptors (Lipinski definition) is 3. The first-order chi connectivity index (χ1) is 12.0. The van der Waals surface area contributed by atoms with Gasteiger partial charge in [0.1, 0.15) is 5.75 Å². The zero-order valence-electron chi connectivity index (χ0n) is 14.8. The molecular formula is C20H25ClN2O2. The Bertz CT molecular complexity index is 654. The van der Waals surface area contributed by atoms with E-state index in [1.807, 2.05) is 24.3 Å². The molecule has 25 heavy (non-hydrogen) atoms. The molecule has 0 aliphatic rings. The Hall–Kier alpha value is -2.04. The van der Waals surface area contributed by atoms with Gasteiger partial charge in [-0.05, 0) is 68.9 Å². The molecule has 1 amide bonds. The third-order valence-electron chi connectivity index (χ3n) is 3.72. The molecule has 0 fully saturated rings. The van der Waals surface area contributed by atoms with Gasteiger partial charge in [-0.3, -0.25) is 4.79 Å². The average Bonchev–Trinajstić information content (AvgIpc) is 2.59. The summed E-state index contributed by atoms with van der Waals surface area (Å²) in [6.07, 6.45) is 2.09. The van der Waals surface area contributed by atoms with Crippen molar-refractivity contribution in [2.24, 2.45) is 0 Å². The summed E-state index contributed by atoms with van der Waals surface area (Å²) in [6, 6.07) is 15.2. The fourth-order valence-electron chi connectivity index (χ4n) is 2.28. The van der Waals surface area contributed by atoms with Gasteiger partial charge < -0.3 is 15.0 Å². The highest BCUT2D eigenvalue weighted by molar-refractivity contribution is 6.30. The van der Waals surface area contributed by atoms with E-state index in [4.69, 9.17) is 16.3 Å². The Kier molecular flexibility index (Phi) is 7.76. The SMILES string of the molecule is CN(C)CCc1ccc(NC(=O)CCCOc2ccc(Cl)cc2)cc1. The minimum absolute atomic E-state index is 0.000692. The largest absolute Gasteiger partial charge is 0.494 e. The van der Waals surface area contributed by atoms with Crippen LogP contribution in [0.2, 0.25) is 5.02 Å². The summed E-state index contributed by atoms with van der Waals surface area (Å²) < 4.78 is 5.58. The van der Waals surface area contributed by atoms with Gasteiger partial charge in [-0.15, -0.1) is 0 Å². The van der Waals surface area contributed by atoms with Gasteiger partial charge in [0.15, 0.2) is 0 Å². The van der Waals surface area contributed by atoms with Crippen LogP contribution in [0.25, 0.3) is 0 Å². The number of nitrogens with one attached hydrogen (secondary N) is 1. The highest BCUT2D eigenvalue weighted by Gasteiger charge is 2.03. The van der Waals surface area contributed by atoms with Crippen LogP contribution in [-0.2, 0) is 11.2 Å². The number of ether oxygens (including phenoxy) is 1. The van der Waals surface area contributed by atoms with Gasteiger partial charge in [-0.1, -0.05) is 23.7 Å². The van der Waals surface area contributed by atoms with Crippen LogP contribution in [0.3, 0.4) is 0 Å². The second kappa shape index (κ2) is 10.1. The molecule has 0 bridgehead atoms. The molecule has 2 aromatic carbocycles. The number of halogens is 1. The molecular weight excluding hydrogens is 336 g/mol. The number of likely N-dealkylation sites (N-methyl/N-ethyl adjacent to an activating group) is 1. The number of carbonyl (C=O) groups excluding carboxylic acids is 1. The monoisotopic (exact) mass is 360 g/mol. The smallest absolute Gasteiger partial charge is 0.224 e. The zero-order chi connectivity index (χ0) is 18.1. The molecule has 0 saturated carbocycles. The van der Waals surface area contributed by atoms with E-state index in [9.17, 15) is 4.79 Å². The maximum atomic E-state index is 12.0. The minimum Gasteiger partial charge on any atom is -0.494 e. The van der Waals surface area contributed by atoms with Crippen molar-refractivity contribution in [2.45, 2.75) is 19.3 Å². The summed E-state index contributed by atoms with van der Waals surface area (Å²) in [4.78, 5) is 14.1. The number of hydrogen-bond donors (Lipinski definition) is 1. The normalized spacial score (nSPS) is 10.7. The van der Waals surface area contributed by atoms with E-state index in [-0.39, 0.29) is 5.91 Å². The van der Waals surface area contributed by atoms with Crippen molar-refractivity contribution in [1.29, 1.82) is 0 Å². The predicted octanol–water partition coefficient (Wildman–Crippen LogP) is 4.24. The van der Waals surface area contributed by atoms with Crippen LogP contribution in [0.1, 0.15) is 18.4 Å². The van der Waals surface area contributed by atoms with Crippen molar-refractivity contribution < 1.29 is 9.53 Å². The van der Waals surface area contributed by atoms with Crippen LogP contribution in [0.5, 0.6) is 5.75 Å². The molecule has 2 rings (SSSR count). The van der Waals surface area contributed by atoms with Crippen LogP contribution >= 0.6 is 11.6 Å². The maximum Gasteiger partial charge on any atom is 0.224 e. The molecule has 0 aromatic heterocycles. The van der Waals surface area contributed by atoms with Crippen molar-refractivity contribution in [3.63, 3.8) is 0 Å². The van der Waals surface area contributed by atoms with Crippen molar-refractivity contribution in [3.8, 4) is 5.75 Å². The topological polar surface area (TPSA) is 41.6 Å². The maximum absolute atomic E-state index is 12.0. The summed E-state index contributed by atoms with van der Waals surface area (Å²) in [7, 11) is 4.12. The molecule has 0 aliphatic carbocycles. The lowest BCUT2D eigenvalue weighted by molar-refractivity contribution is -0.116. The molecule has 0 saturated heterocycles. The van der Waals surface area contributed by atoms with Crippen molar-refractivity contribution >= 4 is 23.2 Å². The van der Waals surface area contributed by atoms with E-state index >= 15 is 0 Å². The first kappa shape index (κ1) is 19.3. The number of nitrogens with zero attached hydrogens (tertiary/aromatic N) is 1. The van der Waals surface area contributed by atoms with E-state index in [1.54, 1.807) is 12.1 Å². The van der Waals surface area contributed by atoms with E-state index in [0.717, 1.165) is 24.4 Å². The summed E-state index contributed by atoms with van der Waals surface area (Å²) in [5.41, 5.74) is 2.10. The van der Waals surface area contributed by atoms with Gasteiger partial charge in [-0.2, -0.15) is 0 Å². The van der Waals surface area contributed by atoms with Crippen LogP contribution in [0.4, 0.5) is 5.69 Å². The fourth-order valence-corrected chi connectivity index (χ4v) is 2.41. The molecule has 0 heterocycles. The Balaban J connectivity index is 1.66. The molecule has 134 valence electrons. The lowest BCUT2D eigenvalue weighted by Crippen LogP contribution is -2.15. The highest BCUT2D eigenvalue weighted by atomic mass is 35.5. The number of anilines is 1. The number of rotatable bonds is 9. The van der Waals surface area contributed by atoms with Crippen molar-refractivity contribution in [1.82, 2.24) is 4.90 Å². The second-order valence-corrected chi connectivity index (χ2v) is 6.64. The number of carbonyl (C=O) groups is 1. The van der Waals surface area contributed by atoms with E-state index in [1.165, 1.54) is 5.56 Å². The minimum atomic E-state index is 0.000692. The molecule has 0 spiro atoms. The quantitative estimate of drug-likeness (QED) is 0.680. The Morgan fingerprint density at radius 2 is 1.76 bits per heavy atom. The fraction of sp³-hybridized carbons (Fsp3) is 0.350. The van der Waals surface area contributed by atoms with Crippen molar-refractivity contribution in [3.05, 3.63) is 59.1 Å². The Morgan fingerprint density at radius 1 is 1.08 bits per heavy atom. The highest BCUT2D eigenvalue weighted by Crippen LogP contribution is 2.16.